The fourth-order valence-corrected chi connectivity index (χ4v) is 8.16. The first-order valence-corrected chi connectivity index (χ1v) is 16.3. The van der Waals surface area contributed by atoms with Crippen LogP contribution in [0.25, 0.3) is 21.5 Å². The van der Waals surface area contributed by atoms with E-state index in [1.54, 1.807) is 24.3 Å². The summed E-state index contributed by atoms with van der Waals surface area (Å²) < 4.78 is 42.3. The van der Waals surface area contributed by atoms with Crippen LogP contribution in [0.2, 0.25) is 0 Å². The molecule has 2 aliphatic rings. The fraction of sp³-hybridized carbons (Fsp3) is 0.184. The molecule has 5 aromatic rings. The van der Waals surface area contributed by atoms with Gasteiger partial charge in [0.15, 0.2) is 0 Å². The molecule has 0 N–H and O–H groups in total. The van der Waals surface area contributed by atoms with Gasteiger partial charge in [0.25, 0.3) is 0 Å². The molecule has 0 amide bonds. The number of esters is 1. The first kappa shape index (κ1) is 28.3. The maximum Gasteiger partial charge on any atom is 0.315 e. The van der Waals surface area contributed by atoms with Gasteiger partial charge in [-0.15, -0.1) is 0 Å². The molecular weight excluding hydrogens is 568 g/mol. The number of allylic oxidation sites excluding steroid dienone is 4. The highest BCUT2D eigenvalue weighted by Gasteiger charge is 2.47. The molecular formula is C38H31O5S-. The number of hydrogen-bond donors (Lipinski definition) is 0. The van der Waals surface area contributed by atoms with Gasteiger partial charge in [0.2, 0.25) is 0 Å². The maximum atomic E-state index is 14.7. The molecule has 220 valence electrons. The molecule has 7 rings (SSSR count). The van der Waals surface area contributed by atoms with Crippen LogP contribution >= 0.6 is 0 Å². The second-order valence-corrected chi connectivity index (χ2v) is 13.1. The number of carbonyl (C=O) groups excluding carboxylic acids is 1. The van der Waals surface area contributed by atoms with Gasteiger partial charge in [-0.05, 0) is 70.8 Å². The van der Waals surface area contributed by atoms with Crippen LogP contribution in [0, 0.1) is 12.8 Å². The van der Waals surface area contributed by atoms with Crippen LogP contribution in [0.5, 0.6) is 5.75 Å². The second-order valence-electron chi connectivity index (χ2n) is 11.7. The molecule has 0 aromatic heterocycles. The minimum absolute atomic E-state index is 0.0346. The Morgan fingerprint density at radius 2 is 1.32 bits per heavy atom. The Bertz CT molecular complexity index is 2090. The van der Waals surface area contributed by atoms with E-state index in [0.717, 1.165) is 33.9 Å². The average molecular weight is 600 g/mol. The summed E-state index contributed by atoms with van der Waals surface area (Å²) in [5.41, 5.74) is 4.70. The lowest BCUT2D eigenvalue weighted by atomic mass is 9.59. The fourth-order valence-electron chi connectivity index (χ4n) is 7.48. The quantitative estimate of drug-likeness (QED) is 0.118. The predicted octanol–water partition coefficient (Wildman–Crippen LogP) is 8.30. The van der Waals surface area contributed by atoms with E-state index >= 15 is 0 Å². The lowest BCUT2D eigenvalue weighted by Crippen LogP contribution is -2.39. The molecule has 2 bridgehead atoms. The van der Waals surface area contributed by atoms with Crippen LogP contribution in [-0.4, -0.2) is 18.9 Å². The van der Waals surface area contributed by atoms with Crippen LogP contribution in [-0.2, 0) is 14.9 Å². The van der Waals surface area contributed by atoms with Crippen molar-refractivity contribution in [1.29, 1.82) is 0 Å². The summed E-state index contributed by atoms with van der Waals surface area (Å²) in [6.45, 7) is 2.14. The van der Waals surface area contributed by atoms with E-state index in [1.807, 2.05) is 18.2 Å². The number of carbonyl (C=O) groups is 1. The summed E-state index contributed by atoms with van der Waals surface area (Å²) in [4.78, 5) is 14.3. The van der Waals surface area contributed by atoms with Crippen molar-refractivity contribution in [2.75, 3.05) is 0 Å². The smallest absolute Gasteiger partial charge is 0.315 e. The Balaban J connectivity index is 1.42. The first-order valence-electron chi connectivity index (χ1n) is 14.9. The Labute approximate surface area is 257 Å². The van der Waals surface area contributed by atoms with Gasteiger partial charge in [-0.25, -0.2) is 8.42 Å². The van der Waals surface area contributed by atoms with E-state index in [2.05, 4.69) is 73.7 Å². The summed E-state index contributed by atoms with van der Waals surface area (Å²) in [7, 11) is -4.72. The number of rotatable bonds is 4. The molecule has 4 unspecified atom stereocenters. The van der Waals surface area contributed by atoms with Crippen LogP contribution in [0.1, 0.15) is 52.8 Å². The van der Waals surface area contributed by atoms with Crippen molar-refractivity contribution in [3.63, 3.8) is 0 Å². The minimum atomic E-state index is -4.72. The molecule has 0 heterocycles. The van der Waals surface area contributed by atoms with Gasteiger partial charge in [-0.1, -0.05) is 109 Å². The molecule has 44 heavy (non-hydrogen) atoms. The van der Waals surface area contributed by atoms with Crippen molar-refractivity contribution >= 4 is 37.6 Å². The van der Waals surface area contributed by atoms with Gasteiger partial charge in [0.1, 0.15) is 15.9 Å². The highest BCUT2D eigenvalue weighted by Crippen LogP contribution is 2.55. The normalized spacial score (nSPS) is 22.8. The van der Waals surface area contributed by atoms with Crippen molar-refractivity contribution in [3.8, 4) is 5.75 Å². The number of aryl methyl sites for hydroxylation is 1. The van der Waals surface area contributed by atoms with Gasteiger partial charge in [-0.2, -0.15) is 0 Å². The van der Waals surface area contributed by atoms with E-state index in [9.17, 15) is 17.8 Å². The molecule has 0 saturated carbocycles. The summed E-state index contributed by atoms with van der Waals surface area (Å²) in [5.74, 6) is -0.923. The summed E-state index contributed by atoms with van der Waals surface area (Å²) >= 11 is 0. The number of benzene rings is 5. The van der Waals surface area contributed by atoms with E-state index < -0.39 is 16.0 Å². The number of fused-ring (bicyclic) bond motifs is 8. The maximum absolute atomic E-state index is 14.7. The SMILES string of the molecule is Cc1c(C2C3C/C=C\C=C/CC(c4ccccc43)C2C(=O)Oc2ccc(S(=O)(=O)[O-])c3ccccc23)ccc2ccccc12. The Hall–Kier alpha value is -4.52. The van der Waals surface area contributed by atoms with Crippen LogP contribution in [0.3, 0.4) is 0 Å². The van der Waals surface area contributed by atoms with E-state index in [0.29, 0.717) is 11.8 Å². The van der Waals surface area contributed by atoms with Gasteiger partial charge in [-0.3, -0.25) is 4.79 Å². The number of ether oxygens (including phenoxy) is 1. The van der Waals surface area contributed by atoms with Crippen molar-refractivity contribution in [1.82, 2.24) is 0 Å². The van der Waals surface area contributed by atoms with Gasteiger partial charge in [0, 0.05) is 22.6 Å². The highest BCUT2D eigenvalue weighted by molar-refractivity contribution is 7.86. The second kappa shape index (κ2) is 11.2. The van der Waals surface area contributed by atoms with E-state index in [1.165, 1.54) is 17.7 Å². The summed E-state index contributed by atoms with van der Waals surface area (Å²) in [6, 6.07) is 30.4. The largest absolute Gasteiger partial charge is 0.744 e. The molecule has 6 heteroatoms. The van der Waals surface area contributed by atoms with Gasteiger partial charge in [0.05, 0.1) is 10.8 Å². The van der Waals surface area contributed by atoms with Crippen LogP contribution in [0.15, 0.2) is 126 Å². The Morgan fingerprint density at radius 1 is 0.705 bits per heavy atom. The third kappa shape index (κ3) is 4.84. The van der Waals surface area contributed by atoms with Crippen LogP contribution in [0.4, 0.5) is 0 Å². The van der Waals surface area contributed by atoms with E-state index in [4.69, 9.17) is 4.74 Å². The van der Waals surface area contributed by atoms with E-state index in [-0.39, 0.29) is 39.8 Å². The summed E-state index contributed by atoms with van der Waals surface area (Å²) in [5, 5.41) is 2.96. The average Bonchev–Trinajstić information content (AvgIpc) is 3.03. The molecule has 5 aromatic carbocycles. The van der Waals surface area contributed by atoms with Crippen LogP contribution < -0.4 is 4.74 Å². The molecule has 0 fully saturated rings. The van der Waals surface area contributed by atoms with Crippen molar-refractivity contribution < 1.29 is 22.5 Å². The third-order valence-electron chi connectivity index (χ3n) is 9.41. The first-order chi connectivity index (χ1) is 21.3. The summed E-state index contributed by atoms with van der Waals surface area (Å²) in [6.07, 6.45) is 9.87. The Morgan fingerprint density at radius 3 is 2.05 bits per heavy atom. The lowest BCUT2D eigenvalue weighted by Gasteiger charge is -2.44. The molecule has 0 saturated heterocycles. The molecule has 5 nitrogen and oxygen atoms in total. The standard InChI is InChI=1S/C38H32O5S/c1-24-26-13-7-6-12-25(26)20-21-27(24)36-32-18-4-2-3-5-19-33(29-15-9-8-14-28(29)32)37(36)38(39)43-34-22-23-35(44(40,41)42)31-17-11-10-16-30(31)34/h2-17,20-23,32-33,36-37H,18-19H2,1H3,(H,40,41,42)/p-1/b4-2-,5-3-. The molecule has 0 aliphatic heterocycles. The third-order valence-corrected chi connectivity index (χ3v) is 10.3. The Kier molecular flexibility index (Phi) is 7.19. The topological polar surface area (TPSA) is 83.5 Å². The zero-order valence-electron chi connectivity index (χ0n) is 24.2. The lowest BCUT2D eigenvalue weighted by molar-refractivity contribution is -0.141. The monoisotopic (exact) mass is 599 g/mol. The highest BCUT2D eigenvalue weighted by atomic mass is 32.2. The van der Waals surface area contributed by atoms with Crippen molar-refractivity contribution in [3.05, 3.63) is 144 Å². The molecule has 0 spiro atoms. The molecule has 0 radical (unpaired) electrons. The minimum Gasteiger partial charge on any atom is -0.744 e. The predicted molar refractivity (Wildman–Crippen MR) is 172 cm³/mol. The van der Waals surface area contributed by atoms with Gasteiger partial charge >= 0.3 is 5.97 Å². The number of hydrogen-bond acceptors (Lipinski definition) is 5. The van der Waals surface area contributed by atoms with Crippen molar-refractivity contribution in [2.45, 2.75) is 42.4 Å². The zero-order chi connectivity index (χ0) is 30.4. The molecule has 2 aliphatic carbocycles. The van der Waals surface area contributed by atoms with Gasteiger partial charge < -0.3 is 9.29 Å². The molecule has 4 atom stereocenters. The zero-order valence-corrected chi connectivity index (χ0v) is 25.0. The van der Waals surface area contributed by atoms with Crippen molar-refractivity contribution in [2.24, 2.45) is 5.92 Å².